The molecule has 3 aliphatic rings. The molecule has 10 heteroatoms. The molecular formula is C28H36N2O8. The van der Waals surface area contributed by atoms with Crippen molar-refractivity contribution in [3.05, 3.63) is 28.8 Å². The van der Waals surface area contributed by atoms with Gasteiger partial charge in [-0.05, 0) is 50.4 Å². The van der Waals surface area contributed by atoms with Crippen molar-refractivity contribution in [1.82, 2.24) is 4.90 Å². The number of hydrogen-bond donors (Lipinski definition) is 4. The number of phenols is 1. The minimum atomic E-state index is -2.92. The number of Topliss-reactive ketones (excluding diaryl/α,β-unsaturated/α-hetero) is 4. The minimum absolute atomic E-state index is 0.0645. The molecule has 206 valence electrons. The molecule has 4 rings (SSSR count). The molecule has 38 heavy (non-hydrogen) atoms. The number of rotatable bonds is 6. The molecule has 0 spiro atoms. The summed E-state index contributed by atoms with van der Waals surface area (Å²) in [6.07, 6.45) is -0.623. The quantitative estimate of drug-likeness (QED) is 0.383. The Bertz CT molecular complexity index is 1240. The van der Waals surface area contributed by atoms with Gasteiger partial charge in [-0.15, -0.1) is 0 Å². The number of nitrogens with zero attached hydrogens (tertiary/aromatic N) is 1. The second-order valence-electron chi connectivity index (χ2n) is 12.0. The van der Waals surface area contributed by atoms with Crippen molar-refractivity contribution in [3.8, 4) is 5.75 Å². The van der Waals surface area contributed by atoms with Gasteiger partial charge in [-0.1, -0.05) is 32.9 Å². The van der Waals surface area contributed by atoms with E-state index in [4.69, 9.17) is 5.73 Å². The number of ketones is 4. The topological polar surface area (TPSA) is 175 Å². The first kappa shape index (κ1) is 28.1. The smallest absolute Gasteiger partial charge is 0.235 e. The monoisotopic (exact) mass is 528 g/mol. The summed E-state index contributed by atoms with van der Waals surface area (Å²) in [7, 11) is 3.93. The Morgan fingerprint density at radius 3 is 2.37 bits per heavy atom. The van der Waals surface area contributed by atoms with Crippen LogP contribution < -0.4 is 5.73 Å². The Hall–Kier alpha value is -2.95. The number of benzene rings is 1. The van der Waals surface area contributed by atoms with Gasteiger partial charge in [0.05, 0.1) is 17.6 Å². The van der Waals surface area contributed by atoms with Gasteiger partial charge in [0.1, 0.15) is 5.75 Å². The fourth-order valence-electron chi connectivity index (χ4n) is 6.87. The Morgan fingerprint density at radius 1 is 1.16 bits per heavy atom. The Balaban J connectivity index is 1.80. The fraction of sp³-hybridized carbons (Fsp3) is 0.607. The largest absolute Gasteiger partial charge is 0.507 e. The lowest BCUT2D eigenvalue weighted by molar-refractivity contribution is -0.189. The van der Waals surface area contributed by atoms with Gasteiger partial charge < -0.3 is 26.0 Å². The number of aliphatic hydroxyl groups excluding tert-OH is 1. The predicted octanol–water partition coefficient (Wildman–Crippen LogP) is 0.478. The van der Waals surface area contributed by atoms with Gasteiger partial charge in [0.2, 0.25) is 5.91 Å². The van der Waals surface area contributed by atoms with E-state index in [2.05, 4.69) is 4.90 Å². The van der Waals surface area contributed by atoms with Crippen molar-refractivity contribution in [1.29, 1.82) is 0 Å². The third kappa shape index (κ3) is 3.92. The molecule has 1 aromatic carbocycles. The summed E-state index contributed by atoms with van der Waals surface area (Å²) in [4.78, 5) is 67.2. The number of phenolic OH excluding ortho intramolecular Hbond substituents is 1. The third-order valence-corrected chi connectivity index (χ3v) is 8.99. The molecule has 5 N–H and O–H groups in total. The van der Waals surface area contributed by atoms with Crippen molar-refractivity contribution in [3.63, 3.8) is 0 Å². The SMILES string of the molecule is C[C@H]1c2ccc(C(C)(C)CCCN(C)C)c(O)c2C(=O)C2C(=O)[C@]3(O)C(=O)C(C(N)=O)C(=O)C[C@@H]3[C@@H](O)[C@@H]21. The lowest BCUT2D eigenvalue weighted by atomic mass is 9.50. The van der Waals surface area contributed by atoms with Crippen LogP contribution in [0, 0.1) is 23.7 Å². The van der Waals surface area contributed by atoms with Crippen LogP contribution in [0.2, 0.25) is 0 Å². The average Bonchev–Trinajstić information content (AvgIpc) is 2.81. The predicted molar refractivity (Wildman–Crippen MR) is 135 cm³/mol. The molecule has 0 aliphatic heterocycles. The van der Waals surface area contributed by atoms with E-state index in [1.165, 1.54) is 0 Å². The van der Waals surface area contributed by atoms with Crippen molar-refractivity contribution in [2.45, 2.75) is 63.1 Å². The zero-order chi connectivity index (χ0) is 28.5. The van der Waals surface area contributed by atoms with E-state index in [0.29, 0.717) is 17.5 Å². The summed E-state index contributed by atoms with van der Waals surface area (Å²) >= 11 is 0. The van der Waals surface area contributed by atoms with Gasteiger partial charge in [0, 0.05) is 23.8 Å². The van der Waals surface area contributed by atoms with Crippen LogP contribution >= 0.6 is 0 Å². The molecule has 2 saturated carbocycles. The zero-order valence-electron chi connectivity index (χ0n) is 22.4. The number of carbonyl (C=O) groups excluding carboxylic acids is 5. The molecule has 0 radical (unpaired) electrons. The van der Waals surface area contributed by atoms with Crippen LogP contribution in [0.3, 0.4) is 0 Å². The highest BCUT2D eigenvalue weighted by molar-refractivity contribution is 6.31. The number of amides is 1. The van der Waals surface area contributed by atoms with E-state index in [1.807, 2.05) is 27.9 Å². The second-order valence-corrected chi connectivity index (χ2v) is 12.0. The van der Waals surface area contributed by atoms with Crippen LogP contribution in [0.5, 0.6) is 5.75 Å². The number of aromatic hydroxyl groups is 1. The first-order chi connectivity index (χ1) is 17.6. The number of carbonyl (C=O) groups is 5. The number of aliphatic hydroxyl groups is 2. The molecule has 1 amide bonds. The van der Waals surface area contributed by atoms with Crippen molar-refractivity contribution >= 4 is 29.0 Å². The van der Waals surface area contributed by atoms with Crippen molar-refractivity contribution in [2.75, 3.05) is 20.6 Å². The molecule has 0 heterocycles. The molecule has 0 aromatic heterocycles. The van der Waals surface area contributed by atoms with Gasteiger partial charge in [0.15, 0.2) is 34.7 Å². The number of fused-ring (bicyclic) bond motifs is 3. The molecule has 3 aliphatic carbocycles. The fourth-order valence-corrected chi connectivity index (χ4v) is 6.87. The first-order valence-electron chi connectivity index (χ1n) is 12.9. The van der Waals surface area contributed by atoms with Gasteiger partial charge in [-0.2, -0.15) is 0 Å². The van der Waals surface area contributed by atoms with E-state index in [-0.39, 0.29) is 11.3 Å². The van der Waals surface area contributed by atoms with E-state index < -0.39 is 82.2 Å². The van der Waals surface area contributed by atoms with Gasteiger partial charge in [0.25, 0.3) is 0 Å². The molecule has 2 fully saturated rings. The first-order valence-corrected chi connectivity index (χ1v) is 12.9. The maximum atomic E-state index is 13.9. The summed E-state index contributed by atoms with van der Waals surface area (Å²) in [5.74, 6) is -12.6. The Morgan fingerprint density at radius 2 is 1.79 bits per heavy atom. The van der Waals surface area contributed by atoms with E-state index in [9.17, 15) is 39.3 Å². The summed E-state index contributed by atoms with van der Waals surface area (Å²) in [6, 6.07) is 3.47. The Labute approximate surface area is 221 Å². The third-order valence-electron chi connectivity index (χ3n) is 8.99. The van der Waals surface area contributed by atoms with Gasteiger partial charge in [-0.3, -0.25) is 24.0 Å². The van der Waals surface area contributed by atoms with E-state index >= 15 is 0 Å². The summed E-state index contributed by atoms with van der Waals surface area (Å²) in [5.41, 5.74) is 2.70. The highest BCUT2D eigenvalue weighted by Crippen LogP contribution is 2.54. The lowest BCUT2D eigenvalue weighted by Crippen LogP contribution is -2.72. The molecule has 10 nitrogen and oxygen atoms in total. The molecule has 2 unspecified atom stereocenters. The van der Waals surface area contributed by atoms with Crippen LogP contribution in [0.25, 0.3) is 0 Å². The zero-order valence-corrected chi connectivity index (χ0v) is 22.4. The minimum Gasteiger partial charge on any atom is -0.507 e. The molecule has 0 bridgehead atoms. The summed E-state index contributed by atoms with van der Waals surface area (Å²) in [6.45, 7) is 6.44. The average molecular weight is 529 g/mol. The van der Waals surface area contributed by atoms with E-state index in [1.54, 1.807) is 19.1 Å². The maximum Gasteiger partial charge on any atom is 0.235 e. The van der Waals surface area contributed by atoms with Crippen molar-refractivity contribution in [2.24, 2.45) is 29.4 Å². The molecule has 0 saturated heterocycles. The van der Waals surface area contributed by atoms with Crippen LogP contribution in [-0.4, -0.2) is 81.6 Å². The van der Waals surface area contributed by atoms with Crippen molar-refractivity contribution < 1.29 is 39.3 Å². The molecule has 1 aromatic rings. The highest BCUT2D eigenvalue weighted by atomic mass is 16.3. The molecule has 7 atom stereocenters. The number of hydrogen-bond acceptors (Lipinski definition) is 9. The van der Waals surface area contributed by atoms with Crippen LogP contribution in [-0.2, 0) is 24.6 Å². The van der Waals surface area contributed by atoms with E-state index in [0.717, 1.165) is 13.0 Å². The van der Waals surface area contributed by atoms with Crippen LogP contribution in [0.15, 0.2) is 12.1 Å². The highest BCUT2D eigenvalue weighted by Gasteiger charge is 2.69. The van der Waals surface area contributed by atoms with Gasteiger partial charge in [-0.25, -0.2) is 0 Å². The maximum absolute atomic E-state index is 13.9. The standard InChI is InChI=1S/C28H36N2O8/c1-12-13-7-8-14(27(2,3)9-6-10-30(4)5)21(32)18(13)23(34)20-17(12)22(33)15-11-16(31)19(26(29)37)24(35)28(15,38)25(20)36/h7-8,12,15,17,19-20,22,32-33,38H,6,9-11H2,1-5H3,(H2,29,37)/t12-,15+,17+,19?,20?,22+,28+/m0/s1. The number of primary amides is 1. The molecular weight excluding hydrogens is 492 g/mol. The van der Waals surface area contributed by atoms with Crippen LogP contribution in [0.1, 0.15) is 67.4 Å². The summed E-state index contributed by atoms with van der Waals surface area (Å²) in [5, 5.41) is 34.1. The summed E-state index contributed by atoms with van der Waals surface area (Å²) < 4.78 is 0. The lowest BCUT2D eigenvalue weighted by Gasteiger charge is -2.53. The Kier molecular flexibility index (Phi) is 6.91. The van der Waals surface area contributed by atoms with Gasteiger partial charge >= 0.3 is 0 Å². The second kappa shape index (κ2) is 9.36. The normalized spacial score (nSPS) is 33.2. The van der Waals surface area contributed by atoms with Crippen LogP contribution in [0.4, 0.5) is 0 Å². The number of nitrogens with two attached hydrogens (primary N) is 1.